The molecule has 7 heteroatoms. The summed E-state index contributed by atoms with van der Waals surface area (Å²) in [6.07, 6.45) is 0. The molecule has 6 nitrogen and oxygen atoms in total. The Kier molecular flexibility index (Phi) is 9.27. The van der Waals surface area contributed by atoms with Crippen molar-refractivity contribution in [2.45, 2.75) is 20.0 Å². The van der Waals surface area contributed by atoms with Crippen LogP contribution in [0.3, 0.4) is 0 Å². The smallest absolute Gasteiger partial charge is 0.191 e. The molecule has 3 rings (SSSR count). The predicted octanol–water partition coefficient (Wildman–Crippen LogP) is 4.25. The molecule has 0 atom stereocenters. The Morgan fingerprint density at radius 1 is 1.03 bits per heavy atom. The van der Waals surface area contributed by atoms with Crippen molar-refractivity contribution in [1.29, 1.82) is 0 Å². The number of fused-ring (bicyclic) bond motifs is 1. The molecule has 156 valence electrons. The van der Waals surface area contributed by atoms with Crippen LogP contribution in [0.1, 0.15) is 16.9 Å². The fourth-order valence-electron chi connectivity index (χ4n) is 2.87. The van der Waals surface area contributed by atoms with Crippen molar-refractivity contribution in [3.05, 3.63) is 65.4 Å². The number of aryl methyl sites for hydroxylation is 1. The minimum absolute atomic E-state index is 0. The van der Waals surface area contributed by atoms with Gasteiger partial charge in [0.25, 0.3) is 0 Å². The van der Waals surface area contributed by atoms with E-state index in [0.717, 1.165) is 33.6 Å². The maximum Gasteiger partial charge on any atom is 0.191 e. The van der Waals surface area contributed by atoms with Gasteiger partial charge in [-0.15, -0.1) is 24.0 Å². The molecule has 0 radical (unpaired) electrons. The van der Waals surface area contributed by atoms with Crippen molar-refractivity contribution >= 4 is 40.9 Å². The fourth-order valence-corrected chi connectivity index (χ4v) is 2.87. The second kappa shape index (κ2) is 11.7. The Balaban J connectivity index is 0.00000300. The molecule has 0 unspecified atom stereocenters. The van der Waals surface area contributed by atoms with Crippen LogP contribution in [0.25, 0.3) is 11.0 Å². The van der Waals surface area contributed by atoms with Crippen molar-refractivity contribution in [2.75, 3.05) is 27.4 Å². The van der Waals surface area contributed by atoms with Crippen LogP contribution in [-0.4, -0.2) is 33.3 Å². The van der Waals surface area contributed by atoms with E-state index >= 15 is 0 Å². The van der Waals surface area contributed by atoms with Crippen LogP contribution in [0.5, 0.6) is 5.75 Å². The number of methoxy groups -OCH3 is 1. The molecular weight excluding hydrogens is 481 g/mol. The number of ether oxygens (including phenoxy) is 2. The van der Waals surface area contributed by atoms with Gasteiger partial charge in [0.1, 0.15) is 23.7 Å². The first-order valence-corrected chi connectivity index (χ1v) is 9.33. The summed E-state index contributed by atoms with van der Waals surface area (Å²) in [5, 5.41) is 7.71. The lowest BCUT2D eigenvalue weighted by Gasteiger charge is -2.15. The standard InChI is InChI=1S/C22H27N3O3.HI/c1-16-8-9-18(21(12-16)27-11-10-26-3)14-24-22(23-2)25-15-19-13-17-6-4-5-7-20(17)28-19;/h4-9,12-13H,10-11,14-15H2,1-3H3,(H2,23,24,25);1H. The minimum atomic E-state index is 0. The molecule has 2 aromatic carbocycles. The van der Waals surface area contributed by atoms with Gasteiger partial charge in [-0.1, -0.05) is 30.3 Å². The summed E-state index contributed by atoms with van der Waals surface area (Å²) >= 11 is 0. The number of nitrogens with one attached hydrogen (secondary N) is 2. The largest absolute Gasteiger partial charge is 0.491 e. The number of aliphatic imine (C=N–C) groups is 1. The third-order valence-electron chi connectivity index (χ3n) is 4.34. The summed E-state index contributed by atoms with van der Waals surface area (Å²) in [7, 11) is 3.42. The van der Waals surface area contributed by atoms with E-state index in [1.54, 1.807) is 14.2 Å². The lowest BCUT2D eigenvalue weighted by Crippen LogP contribution is -2.36. The van der Waals surface area contributed by atoms with E-state index in [4.69, 9.17) is 13.9 Å². The summed E-state index contributed by atoms with van der Waals surface area (Å²) in [6.45, 7) is 4.28. The van der Waals surface area contributed by atoms with E-state index in [2.05, 4.69) is 27.8 Å². The summed E-state index contributed by atoms with van der Waals surface area (Å²) in [6, 6.07) is 16.2. The molecule has 3 aromatic rings. The van der Waals surface area contributed by atoms with Gasteiger partial charge >= 0.3 is 0 Å². The van der Waals surface area contributed by atoms with Crippen LogP contribution in [0.2, 0.25) is 0 Å². The maximum absolute atomic E-state index is 5.85. The van der Waals surface area contributed by atoms with E-state index in [9.17, 15) is 0 Å². The highest BCUT2D eigenvalue weighted by Gasteiger charge is 2.07. The molecule has 0 aliphatic carbocycles. The monoisotopic (exact) mass is 509 g/mol. The third kappa shape index (κ3) is 6.64. The Hall–Kier alpha value is -2.26. The average Bonchev–Trinajstić information content (AvgIpc) is 3.12. The second-order valence-corrected chi connectivity index (χ2v) is 6.48. The van der Waals surface area contributed by atoms with Crippen LogP contribution in [0.15, 0.2) is 57.9 Å². The first kappa shape index (κ1) is 23.0. The summed E-state index contributed by atoms with van der Waals surface area (Å²) < 4.78 is 16.7. The first-order valence-electron chi connectivity index (χ1n) is 9.33. The van der Waals surface area contributed by atoms with Crippen molar-refractivity contribution in [2.24, 2.45) is 4.99 Å². The number of halogens is 1. The maximum atomic E-state index is 5.85. The highest BCUT2D eigenvalue weighted by molar-refractivity contribution is 14.0. The van der Waals surface area contributed by atoms with Gasteiger partial charge in [0.15, 0.2) is 5.96 Å². The molecule has 0 aliphatic rings. The van der Waals surface area contributed by atoms with E-state index in [0.29, 0.717) is 32.3 Å². The van der Waals surface area contributed by atoms with Crippen LogP contribution < -0.4 is 15.4 Å². The molecule has 0 amide bonds. The quantitative estimate of drug-likeness (QED) is 0.206. The van der Waals surface area contributed by atoms with Gasteiger partial charge in [-0.2, -0.15) is 0 Å². The van der Waals surface area contributed by atoms with Gasteiger partial charge < -0.3 is 24.5 Å². The summed E-state index contributed by atoms with van der Waals surface area (Å²) in [5.41, 5.74) is 3.11. The zero-order valence-electron chi connectivity index (χ0n) is 17.0. The molecule has 0 spiro atoms. The van der Waals surface area contributed by atoms with E-state index < -0.39 is 0 Å². The molecular formula is C22H28IN3O3. The first-order chi connectivity index (χ1) is 13.7. The fraction of sp³-hybridized carbons (Fsp3) is 0.318. The van der Waals surface area contributed by atoms with Gasteiger partial charge in [-0.3, -0.25) is 4.99 Å². The summed E-state index contributed by atoms with van der Waals surface area (Å²) in [4.78, 5) is 4.29. The van der Waals surface area contributed by atoms with Crippen molar-refractivity contribution in [1.82, 2.24) is 10.6 Å². The number of rotatable bonds is 8. The van der Waals surface area contributed by atoms with Crippen molar-refractivity contribution in [3.8, 4) is 5.75 Å². The Morgan fingerprint density at radius 3 is 2.59 bits per heavy atom. The molecule has 0 saturated heterocycles. The van der Waals surface area contributed by atoms with E-state index in [1.807, 2.05) is 43.3 Å². The van der Waals surface area contributed by atoms with Crippen LogP contribution in [0.4, 0.5) is 0 Å². The normalized spacial score (nSPS) is 11.2. The zero-order chi connectivity index (χ0) is 19.8. The highest BCUT2D eigenvalue weighted by Crippen LogP contribution is 2.20. The van der Waals surface area contributed by atoms with Crippen molar-refractivity contribution < 1.29 is 13.9 Å². The van der Waals surface area contributed by atoms with Crippen LogP contribution in [0, 0.1) is 6.92 Å². The SMILES string of the molecule is CN=C(NCc1cc2ccccc2o1)NCc1ccc(C)cc1OCCOC.I. The Labute approximate surface area is 188 Å². The average molecular weight is 509 g/mol. The van der Waals surface area contributed by atoms with Gasteiger partial charge in [0, 0.05) is 31.7 Å². The predicted molar refractivity (Wildman–Crippen MR) is 127 cm³/mol. The second-order valence-electron chi connectivity index (χ2n) is 6.48. The van der Waals surface area contributed by atoms with Gasteiger partial charge in [-0.05, 0) is 30.7 Å². The molecule has 29 heavy (non-hydrogen) atoms. The van der Waals surface area contributed by atoms with Gasteiger partial charge in [0.05, 0.1) is 13.2 Å². The number of furan rings is 1. The molecule has 0 bridgehead atoms. The molecule has 0 aliphatic heterocycles. The topological polar surface area (TPSA) is 68.0 Å². The molecule has 2 N–H and O–H groups in total. The minimum Gasteiger partial charge on any atom is -0.491 e. The highest BCUT2D eigenvalue weighted by atomic mass is 127. The molecule has 1 aromatic heterocycles. The molecule has 1 heterocycles. The number of hydrogen-bond acceptors (Lipinski definition) is 4. The lowest BCUT2D eigenvalue weighted by molar-refractivity contribution is 0.145. The molecule has 0 fully saturated rings. The Morgan fingerprint density at radius 2 is 1.83 bits per heavy atom. The Bertz CT molecular complexity index is 907. The van der Waals surface area contributed by atoms with Crippen LogP contribution in [-0.2, 0) is 17.8 Å². The number of hydrogen-bond donors (Lipinski definition) is 2. The number of para-hydroxylation sites is 1. The van der Waals surface area contributed by atoms with Crippen LogP contribution >= 0.6 is 24.0 Å². The van der Waals surface area contributed by atoms with E-state index in [-0.39, 0.29) is 24.0 Å². The zero-order valence-corrected chi connectivity index (χ0v) is 19.4. The number of nitrogens with zero attached hydrogens (tertiary/aromatic N) is 1. The summed E-state index contributed by atoms with van der Waals surface area (Å²) in [5.74, 6) is 2.42. The van der Waals surface area contributed by atoms with Crippen molar-refractivity contribution in [3.63, 3.8) is 0 Å². The number of guanidine groups is 1. The van der Waals surface area contributed by atoms with Gasteiger partial charge in [-0.25, -0.2) is 0 Å². The molecule has 0 saturated carbocycles. The third-order valence-corrected chi connectivity index (χ3v) is 4.34. The lowest BCUT2D eigenvalue weighted by atomic mass is 10.1. The van der Waals surface area contributed by atoms with Gasteiger partial charge in [0.2, 0.25) is 0 Å². The number of benzene rings is 2. The van der Waals surface area contributed by atoms with E-state index in [1.165, 1.54) is 0 Å².